The largest absolute Gasteiger partial charge is 0.505 e. The number of anilines is 2. The highest BCUT2D eigenvalue weighted by molar-refractivity contribution is 6.32. The molecule has 6 N–H and O–H groups in total. The van der Waals surface area contributed by atoms with Crippen LogP contribution in [-0.2, 0) is 32.1 Å². The van der Waals surface area contributed by atoms with Gasteiger partial charge in [0.15, 0.2) is 46.2 Å². The van der Waals surface area contributed by atoms with E-state index in [1.54, 1.807) is 45.2 Å². The number of Topliss-reactive ketones (excluding diaryl/α,β-unsaturated/α-hetero) is 4. The van der Waals surface area contributed by atoms with Gasteiger partial charge >= 0.3 is 0 Å². The Morgan fingerprint density at radius 3 is 2.27 bits per heavy atom. The molecule has 0 heterocycles. The Kier molecular flexibility index (Phi) is 7.67. The van der Waals surface area contributed by atoms with Crippen LogP contribution < -0.4 is 15.5 Å². The van der Waals surface area contributed by atoms with Crippen LogP contribution in [0.25, 0.3) is 0 Å². The minimum atomic E-state index is -2.76. The summed E-state index contributed by atoms with van der Waals surface area (Å²) in [6.45, 7) is 0.100. The summed E-state index contributed by atoms with van der Waals surface area (Å²) >= 11 is 0. The number of aromatic hydroxyl groups is 3. The first-order valence-corrected chi connectivity index (χ1v) is 14.2. The van der Waals surface area contributed by atoms with E-state index in [0.29, 0.717) is 16.8 Å². The molecule has 2 aromatic carbocycles. The van der Waals surface area contributed by atoms with E-state index in [1.165, 1.54) is 24.1 Å². The predicted molar refractivity (Wildman–Crippen MR) is 158 cm³/mol. The first kappa shape index (κ1) is 31.0. The molecule has 1 amide bonds. The van der Waals surface area contributed by atoms with E-state index in [1.807, 2.05) is 0 Å². The van der Waals surface area contributed by atoms with E-state index in [-0.39, 0.29) is 42.1 Å². The van der Waals surface area contributed by atoms with E-state index in [9.17, 15) is 44.4 Å². The Morgan fingerprint density at radius 2 is 1.68 bits per heavy atom. The van der Waals surface area contributed by atoms with Crippen LogP contribution in [0.2, 0.25) is 0 Å². The summed E-state index contributed by atoms with van der Waals surface area (Å²) in [7, 11) is 7.89. The minimum Gasteiger partial charge on any atom is -0.505 e. The molecule has 0 bridgehead atoms. The van der Waals surface area contributed by atoms with Gasteiger partial charge in [-0.25, -0.2) is 0 Å². The van der Waals surface area contributed by atoms with Crippen LogP contribution in [-0.4, -0.2) is 101 Å². The summed E-state index contributed by atoms with van der Waals surface area (Å²) in [5.41, 5.74) is -1.06. The maximum absolute atomic E-state index is 14.2. The van der Waals surface area contributed by atoms with Gasteiger partial charge in [-0.1, -0.05) is 6.07 Å². The Morgan fingerprint density at radius 1 is 1.00 bits per heavy atom. The third kappa shape index (κ3) is 4.49. The van der Waals surface area contributed by atoms with E-state index in [0.717, 1.165) is 0 Å². The molecule has 2 unspecified atom stereocenters. The lowest BCUT2D eigenvalue weighted by atomic mass is 9.52. The predicted octanol–water partition coefficient (Wildman–Crippen LogP) is 0.217. The van der Waals surface area contributed by atoms with Gasteiger partial charge in [-0.2, -0.15) is 0 Å². The SMILES string of the molecule is CNC(=O)C1C(=O)[C@@H](N(C)C)[C@@H]2C[C@@H]3Cc4c(N(C)C)cc(NCc5ccc(O)c(O)c5)c(O)c4C(=O)C3C(=O)[C@]2(O)C1=O. The van der Waals surface area contributed by atoms with Crippen molar-refractivity contribution in [3.8, 4) is 17.2 Å². The Labute approximate surface area is 253 Å². The summed E-state index contributed by atoms with van der Waals surface area (Å²) < 4.78 is 0. The summed E-state index contributed by atoms with van der Waals surface area (Å²) in [4.78, 5) is 71.3. The molecule has 2 aromatic rings. The fraction of sp³-hybridized carbons (Fsp3) is 0.452. The normalized spacial score (nSPS) is 27.8. The number of carbonyl (C=O) groups is 5. The van der Waals surface area contributed by atoms with Crippen LogP contribution in [0.15, 0.2) is 24.3 Å². The number of nitrogens with zero attached hydrogens (tertiary/aromatic N) is 2. The van der Waals surface area contributed by atoms with Gasteiger partial charge in [0.1, 0.15) is 5.75 Å². The molecule has 13 nitrogen and oxygen atoms in total. The van der Waals surface area contributed by atoms with Crippen molar-refractivity contribution in [3.63, 3.8) is 0 Å². The van der Waals surface area contributed by atoms with Gasteiger partial charge in [0, 0.05) is 39.3 Å². The second-order valence-electron chi connectivity index (χ2n) is 12.2. The fourth-order valence-electron chi connectivity index (χ4n) is 7.19. The fourth-order valence-corrected chi connectivity index (χ4v) is 7.19. The van der Waals surface area contributed by atoms with Crippen molar-refractivity contribution in [1.29, 1.82) is 0 Å². The molecule has 0 aromatic heterocycles. The number of phenols is 3. The average Bonchev–Trinajstić information content (AvgIpc) is 2.95. The van der Waals surface area contributed by atoms with Crippen LogP contribution in [0.1, 0.15) is 27.9 Å². The Balaban J connectivity index is 1.58. The Hall–Kier alpha value is -4.49. The number of likely N-dealkylation sites (N-methyl/N-ethyl adjacent to an activating group) is 1. The molecule has 2 saturated carbocycles. The van der Waals surface area contributed by atoms with Crippen molar-refractivity contribution >= 4 is 40.4 Å². The molecule has 0 radical (unpaired) electrons. The molecular weight excluding hydrogens is 572 g/mol. The van der Waals surface area contributed by atoms with Crippen molar-refractivity contribution < 1.29 is 44.4 Å². The van der Waals surface area contributed by atoms with E-state index >= 15 is 0 Å². The summed E-state index contributed by atoms with van der Waals surface area (Å²) in [6, 6.07) is 4.76. The van der Waals surface area contributed by atoms with Crippen molar-refractivity contribution in [2.45, 2.75) is 31.0 Å². The molecule has 3 aliphatic rings. The average molecular weight is 609 g/mol. The molecule has 2 fully saturated rings. The summed E-state index contributed by atoms with van der Waals surface area (Å²) in [6.07, 6.45) is 0.134. The summed E-state index contributed by atoms with van der Waals surface area (Å²) in [5, 5.41) is 48.0. The number of phenolic OH excluding ortho intramolecular Hbond substituents is 3. The molecule has 6 atom stereocenters. The zero-order valence-corrected chi connectivity index (χ0v) is 25.0. The highest BCUT2D eigenvalue weighted by atomic mass is 16.3. The maximum atomic E-state index is 14.2. The first-order chi connectivity index (χ1) is 20.6. The molecule has 234 valence electrons. The van der Waals surface area contributed by atoms with Crippen LogP contribution in [0.5, 0.6) is 17.2 Å². The van der Waals surface area contributed by atoms with E-state index in [2.05, 4.69) is 10.6 Å². The van der Waals surface area contributed by atoms with E-state index in [4.69, 9.17) is 0 Å². The molecule has 5 rings (SSSR count). The summed E-state index contributed by atoms with van der Waals surface area (Å²) in [5.74, 6) is -11.0. The standard InChI is InChI=1S/C31H36N4O9/c1-32-30(43)23-27(40)24(35(4)5)16-10-14-9-15-18(34(2)3)11-17(33-12-13-6-7-19(36)20(37)8-13)25(38)22(15)26(39)21(14)28(41)31(16,44)29(23)42/h6-8,11,14,16,21,23-24,33,36-38,44H,9-10,12H2,1-5H3,(H,32,43)/t14-,16-,21?,23?,24-,31-/m0/s1. The smallest absolute Gasteiger partial charge is 0.238 e. The minimum absolute atomic E-state index is 0.0170. The number of amides is 1. The third-order valence-corrected chi connectivity index (χ3v) is 9.27. The first-order valence-electron chi connectivity index (χ1n) is 14.2. The molecule has 0 aliphatic heterocycles. The van der Waals surface area contributed by atoms with E-state index < -0.39 is 70.1 Å². The van der Waals surface area contributed by atoms with Crippen LogP contribution >= 0.6 is 0 Å². The van der Waals surface area contributed by atoms with Crippen molar-refractivity contribution in [2.75, 3.05) is 45.5 Å². The highest BCUT2D eigenvalue weighted by Crippen LogP contribution is 2.52. The number of hydrogen-bond acceptors (Lipinski definition) is 12. The van der Waals surface area contributed by atoms with Crippen LogP contribution in [0.4, 0.5) is 11.4 Å². The van der Waals surface area contributed by atoms with Crippen molar-refractivity contribution in [2.24, 2.45) is 23.7 Å². The van der Waals surface area contributed by atoms with Gasteiger partial charge in [0.2, 0.25) is 5.91 Å². The lowest BCUT2D eigenvalue weighted by Gasteiger charge is -2.52. The Bertz CT molecular complexity index is 1600. The molecule has 3 aliphatic carbocycles. The number of aliphatic hydroxyl groups is 1. The number of nitrogens with one attached hydrogen (secondary N) is 2. The zero-order valence-electron chi connectivity index (χ0n) is 25.0. The van der Waals surface area contributed by atoms with Gasteiger partial charge in [-0.3, -0.25) is 28.9 Å². The number of ketones is 4. The molecule has 44 heavy (non-hydrogen) atoms. The molecule has 0 saturated heterocycles. The third-order valence-electron chi connectivity index (χ3n) is 9.27. The van der Waals surface area contributed by atoms with Crippen LogP contribution in [0, 0.1) is 23.7 Å². The van der Waals surface area contributed by atoms with Gasteiger partial charge in [0.25, 0.3) is 0 Å². The lowest BCUT2D eigenvalue weighted by molar-refractivity contribution is -0.181. The molecular formula is C31H36N4O9. The second kappa shape index (κ2) is 10.9. The van der Waals surface area contributed by atoms with Crippen LogP contribution in [0.3, 0.4) is 0 Å². The molecule has 13 heteroatoms. The quantitative estimate of drug-likeness (QED) is 0.193. The van der Waals surface area contributed by atoms with Gasteiger partial charge < -0.3 is 36.0 Å². The number of carbonyl (C=O) groups excluding carboxylic acids is 5. The number of hydrogen-bond donors (Lipinski definition) is 6. The van der Waals surface area contributed by atoms with Gasteiger partial charge in [0.05, 0.1) is 23.2 Å². The zero-order chi connectivity index (χ0) is 32.4. The highest BCUT2D eigenvalue weighted by Gasteiger charge is 2.69. The van der Waals surface area contributed by atoms with Crippen molar-refractivity contribution in [1.82, 2.24) is 10.2 Å². The number of benzene rings is 2. The topological polar surface area (TPSA) is 197 Å². The van der Waals surface area contributed by atoms with Gasteiger partial charge in [-0.15, -0.1) is 0 Å². The number of fused-ring (bicyclic) bond motifs is 3. The molecule has 0 spiro atoms. The van der Waals surface area contributed by atoms with Gasteiger partial charge in [-0.05, 0) is 62.2 Å². The maximum Gasteiger partial charge on any atom is 0.238 e. The van der Waals surface area contributed by atoms with Crippen molar-refractivity contribution in [3.05, 3.63) is 41.0 Å². The second-order valence-corrected chi connectivity index (χ2v) is 12.2. The number of rotatable bonds is 6. The lowest BCUT2D eigenvalue weighted by Crippen LogP contribution is -2.74. The monoisotopic (exact) mass is 608 g/mol.